The number of unbranched alkanes of at least 4 members (excludes halogenated alkanes) is 1. The van der Waals surface area contributed by atoms with Gasteiger partial charge in [-0.25, -0.2) is 21.3 Å². The van der Waals surface area contributed by atoms with E-state index in [4.69, 9.17) is 0 Å². The fraction of sp³-hybridized carbons (Fsp3) is 0.348. The van der Waals surface area contributed by atoms with Gasteiger partial charge in [0.05, 0.1) is 13.6 Å². The topological polar surface area (TPSA) is 97.7 Å². The molecule has 1 aliphatic heterocycles. The van der Waals surface area contributed by atoms with Crippen molar-refractivity contribution >= 4 is 37.3 Å². The molecule has 0 saturated heterocycles. The molecule has 0 aromatic heterocycles. The summed E-state index contributed by atoms with van der Waals surface area (Å²) in [4.78, 5) is 3.07. The molecule has 0 radical (unpaired) electrons. The summed E-state index contributed by atoms with van der Waals surface area (Å²) in [5.74, 6) is 0. The van der Waals surface area contributed by atoms with E-state index >= 15 is 4.57 Å². The summed E-state index contributed by atoms with van der Waals surface area (Å²) in [6.45, 7) is 0.956. The first kappa shape index (κ1) is 31.1. The second-order valence-corrected chi connectivity index (χ2v) is 15.3. The molecule has 0 spiro atoms. The molecule has 7 nitrogen and oxygen atoms in total. The van der Waals surface area contributed by atoms with Crippen LogP contribution in [0, 0.1) is 0 Å². The smallest absolute Gasteiger partial charge is 0.307 e. The summed E-state index contributed by atoms with van der Waals surface area (Å²) in [6.07, 6.45) is -0.444. The third-order valence-corrected chi connectivity index (χ3v) is 12.5. The van der Waals surface area contributed by atoms with Crippen LogP contribution in [0.1, 0.15) is 25.3 Å². The maximum absolute atomic E-state index is 15.0. The van der Waals surface area contributed by atoms with E-state index < -0.39 is 70.7 Å². The molecule has 1 aliphatic rings. The predicted octanol–water partition coefficient (Wildman–Crippen LogP) is 5.49. The average molecular weight is 618 g/mol. The van der Waals surface area contributed by atoms with Gasteiger partial charge in [-0.1, -0.05) is 74.0 Å². The Labute approximate surface area is 221 Å². The van der Waals surface area contributed by atoms with Crippen molar-refractivity contribution in [3.8, 4) is 0 Å². The third-order valence-electron chi connectivity index (χ3n) is 6.10. The van der Waals surface area contributed by atoms with Crippen LogP contribution in [-0.4, -0.2) is 51.1 Å². The van der Waals surface area contributed by atoms with Crippen molar-refractivity contribution in [1.29, 1.82) is 0 Å². The zero-order valence-electron chi connectivity index (χ0n) is 20.6. The molecule has 2 aromatic carbocycles. The molecular weight excluding hydrogens is 593 g/mol. The van der Waals surface area contributed by atoms with Crippen LogP contribution in [0.15, 0.2) is 76.1 Å². The Balaban J connectivity index is 2.55. The van der Waals surface area contributed by atoms with Crippen molar-refractivity contribution in [2.24, 2.45) is 4.99 Å². The summed E-state index contributed by atoms with van der Waals surface area (Å²) in [5, 5.41) is -4.06. The fourth-order valence-corrected chi connectivity index (χ4v) is 10.4. The van der Waals surface area contributed by atoms with E-state index in [-0.39, 0.29) is 23.7 Å². The molecule has 0 fully saturated rings. The van der Waals surface area contributed by atoms with Gasteiger partial charge in [0.2, 0.25) is 17.6 Å². The van der Waals surface area contributed by atoms with Crippen LogP contribution in [-0.2, 0) is 30.4 Å². The molecule has 0 N–H and O–H groups in total. The summed E-state index contributed by atoms with van der Waals surface area (Å²) < 4.78 is 147. The largest absolute Gasteiger partial charge is 0.508 e. The molecule has 0 aliphatic carbocycles. The quantitative estimate of drug-likeness (QED) is 0.222. The number of hydrogen-bond donors (Lipinski definition) is 0. The maximum Gasteiger partial charge on any atom is 0.508 e. The van der Waals surface area contributed by atoms with Gasteiger partial charge in [-0.3, -0.25) is 0 Å². The second-order valence-electron chi connectivity index (χ2n) is 8.91. The summed E-state index contributed by atoms with van der Waals surface area (Å²) in [7, 11) is -16.9. The van der Waals surface area contributed by atoms with Crippen molar-refractivity contribution in [2.45, 2.75) is 36.9 Å². The van der Waals surface area contributed by atoms with E-state index in [9.17, 15) is 43.2 Å². The molecule has 0 saturated carbocycles. The molecule has 0 amide bonds. The van der Waals surface area contributed by atoms with Gasteiger partial charge in [0.1, 0.15) is 0 Å². The van der Waals surface area contributed by atoms with E-state index in [1.54, 1.807) is 13.0 Å². The lowest BCUT2D eigenvalue weighted by atomic mass is 10.2. The first-order chi connectivity index (χ1) is 17.8. The molecule has 2 unspecified atom stereocenters. The van der Waals surface area contributed by atoms with Crippen LogP contribution in [0.25, 0.3) is 0 Å². The molecule has 0 bridgehead atoms. The second kappa shape index (κ2) is 10.5. The van der Waals surface area contributed by atoms with Crippen LogP contribution in [0.5, 0.6) is 0 Å². The zero-order valence-corrected chi connectivity index (χ0v) is 23.1. The van der Waals surface area contributed by atoms with Gasteiger partial charge >= 0.3 is 26.0 Å². The highest BCUT2D eigenvalue weighted by Crippen LogP contribution is 2.63. The maximum atomic E-state index is 15.0. The fourth-order valence-electron chi connectivity index (χ4n) is 4.25. The van der Waals surface area contributed by atoms with Gasteiger partial charge in [-0.05, 0) is 12.0 Å². The molecular formula is C23H24F6N2O5PS2+. The molecule has 3 rings (SSSR count). The van der Waals surface area contributed by atoms with Crippen LogP contribution in [0.3, 0.4) is 0 Å². The molecule has 39 heavy (non-hydrogen) atoms. The summed E-state index contributed by atoms with van der Waals surface area (Å²) >= 11 is 0. The average Bonchev–Trinajstić information content (AvgIpc) is 3.17. The lowest BCUT2D eigenvalue weighted by molar-refractivity contribution is -0.767. The number of alkyl halides is 6. The van der Waals surface area contributed by atoms with E-state index in [0.717, 1.165) is 7.05 Å². The Morgan fingerprint density at radius 3 is 1.77 bits per heavy atom. The van der Waals surface area contributed by atoms with E-state index in [1.165, 1.54) is 54.6 Å². The Morgan fingerprint density at radius 2 is 1.31 bits per heavy atom. The zero-order chi connectivity index (χ0) is 29.5. The van der Waals surface area contributed by atoms with Gasteiger partial charge in [0.25, 0.3) is 9.84 Å². The van der Waals surface area contributed by atoms with E-state index in [2.05, 4.69) is 4.99 Å². The highest BCUT2D eigenvalue weighted by Gasteiger charge is 2.66. The van der Waals surface area contributed by atoms with Crippen LogP contribution >= 0.6 is 7.14 Å². The van der Waals surface area contributed by atoms with Gasteiger partial charge in [0, 0.05) is 11.5 Å². The van der Waals surface area contributed by atoms with Crippen molar-refractivity contribution in [1.82, 2.24) is 0 Å². The van der Waals surface area contributed by atoms with Gasteiger partial charge in [0.15, 0.2) is 0 Å². The number of halogens is 6. The number of benzene rings is 2. The highest BCUT2D eigenvalue weighted by atomic mass is 32.2. The van der Waals surface area contributed by atoms with Crippen molar-refractivity contribution < 1.29 is 52.2 Å². The molecule has 1 heterocycles. The molecule has 214 valence electrons. The van der Waals surface area contributed by atoms with Gasteiger partial charge in [-0.15, -0.1) is 0 Å². The number of hydrogen-bond acceptors (Lipinski definition) is 6. The minimum absolute atomic E-state index is 0.0636. The summed E-state index contributed by atoms with van der Waals surface area (Å²) in [6, 6.07) is 14.2. The van der Waals surface area contributed by atoms with Crippen LogP contribution in [0.4, 0.5) is 26.3 Å². The minimum Gasteiger partial charge on any atom is -0.307 e. The SMILES string of the molecule is CCCC[N+]1(C)C(S(=O)(=O)C(F)(F)F)=NC(S(=O)(=O)C(F)(F)F)=C1P(=O)(Cc1ccccc1)c1ccccc1. The van der Waals surface area contributed by atoms with Crippen molar-refractivity contribution in [2.75, 3.05) is 13.6 Å². The first-order valence-electron chi connectivity index (χ1n) is 11.4. The van der Waals surface area contributed by atoms with Gasteiger partial charge in [-0.2, -0.15) is 31.3 Å². The Bertz CT molecular complexity index is 1560. The first-order valence-corrected chi connectivity index (χ1v) is 16.2. The number of nitrogens with zero attached hydrogens (tertiary/aromatic N) is 2. The number of aliphatic imine (C=N–C) groups is 1. The number of quaternary nitrogens is 1. The predicted molar refractivity (Wildman–Crippen MR) is 134 cm³/mol. The lowest BCUT2D eigenvalue weighted by Gasteiger charge is -2.35. The molecule has 2 aromatic rings. The van der Waals surface area contributed by atoms with Crippen molar-refractivity contribution in [3.05, 3.63) is 76.7 Å². The monoisotopic (exact) mass is 617 g/mol. The Hall–Kier alpha value is -2.48. The number of rotatable bonds is 8. The van der Waals surface area contributed by atoms with Gasteiger partial charge < -0.3 is 4.57 Å². The highest BCUT2D eigenvalue weighted by molar-refractivity contribution is 8.06. The normalized spacial score (nSPS) is 20.6. The van der Waals surface area contributed by atoms with Crippen LogP contribution < -0.4 is 5.30 Å². The number of amidine groups is 1. The standard InChI is InChI=1S/C23H24F6N2O5PS2/c1-3-4-15-31(2)20(37(32,18-13-9-6-10-14-18)16-17-11-7-5-8-12-17)19(38(33,34)22(24,25)26)30-21(31)39(35,36)23(27,28)29/h5-14H,3-4,15-16H2,1-2H3/q+1. The molecule has 2 atom stereocenters. The Kier molecular flexibility index (Phi) is 8.35. The van der Waals surface area contributed by atoms with E-state index in [1.807, 2.05) is 0 Å². The minimum atomic E-state index is -6.57. The molecule has 16 heteroatoms. The third kappa shape index (κ3) is 5.46. The lowest BCUT2D eigenvalue weighted by Crippen LogP contribution is -2.53. The summed E-state index contributed by atoms with van der Waals surface area (Å²) in [5.41, 5.74) is -13.0. The Morgan fingerprint density at radius 1 is 0.821 bits per heavy atom. The van der Waals surface area contributed by atoms with Crippen molar-refractivity contribution in [3.63, 3.8) is 0 Å². The van der Waals surface area contributed by atoms with E-state index in [0.29, 0.717) is 0 Å². The van der Waals surface area contributed by atoms with Crippen LogP contribution in [0.2, 0.25) is 0 Å². The number of sulfone groups is 2.